The average Bonchev–Trinajstić information content (AvgIpc) is 3.73. The number of benzene rings is 2. The second kappa shape index (κ2) is 11.8. The molecule has 1 unspecified atom stereocenters. The molecule has 0 saturated heterocycles. The number of carbonyl (C=O) groups is 1. The highest BCUT2D eigenvalue weighted by molar-refractivity contribution is 8.14. The summed E-state index contributed by atoms with van der Waals surface area (Å²) in [7, 11) is 0. The molecule has 216 valence electrons. The maximum Gasteiger partial charge on any atom is 0.390 e. The lowest BCUT2D eigenvalue weighted by molar-refractivity contribution is -0.132. The monoisotopic (exact) mass is 588 g/mol. The summed E-state index contributed by atoms with van der Waals surface area (Å²) < 4.78 is 67.3. The van der Waals surface area contributed by atoms with Gasteiger partial charge in [-0.2, -0.15) is 18.3 Å². The van der Waals surface area contributed by atoms with E-state index in [9.17, 15) is 26.7 Å². The summed E-state index contributed by atoms with van der Waals surface area (Å²) in [6.07, 6.45) is 1.09. The van der Waals surface area contributed by atoms with E-state index in [1.165, 1.54) is 12.1 Å². The molecule has 1 fully saturated rings. The van der Waals surface area contributed by atoms with Crippen molar-refractivity contribution >= 4 is 34.1 Å². The van der Waals surface area contributed by atoms with Crippen LogP contribution in [0, 0.1) is 24.5 Å². The Hall–Kier alpha value is -3.47. The molecule has 41 heavy (non-hydrogen) atoms. The van der Waals surface area contributed by atoms with E-state index in [4.69, 9.17) is 5.10 Å². The number of aryl methyl sites for hydroxylation is 1. The van der Waals surface area contributed by atoms with Crippen molar-refractivity contribution in [2.75, 3.05) is 6.54 Å². The number of fused-ring (bicyclic) bond motifs is 1. The van der Waals surface area contributed by atoms with Crippen LogP contribution in [0.4, 0.5) is 22.0 Å². The SMILES string of the molecule is Cc1cc(C2=CC(C)CC=C3C(=NCCC(F)(F)F)CC(Sc4cccc(F)c4F)=NN32)ccc1C(=O)NC1CC1. The number of halogens is 5. The van der Waals surface area contributed by atoms with E-state index in [1.54, 1.807) is 11.1 Å². The summed E-state index contributed by atoms with van der Waals surface area (Å²) in [5.74, 6) is -2.10. The van der Waals surface area contributed by atoms with Gasteiger partial charge in [-0.15, -0.1) is 0 Å². The van der Waals surface area contributed by atoms with Crippen molar-refractivity contribution in [2.45, 2.75) is 63.1 Å². The number of rotatable bonds is 6. The summed E-state index contributed by atoms with van der Waals surface area (Å²) in [4.78, 5) is 17.0. The Labute approximate surface area is 239 Å². The third-order valence-corrected chi connectivity index (χ3v) is 7.93. The Balaban J connectivity index is 1.54. The molecule has 0 spiro atoms. The third kappa shape index (κ3) is 7.06. The van der Waals surface area contributed by atoms with E-state index in [2.05, 4.69) is 10.3 Å². The summed E-state index contributed by atoms with van der Waals surface area (Å²) in [5.41, 5.74) is 3.69. The van der Waals surface area contributed by atoms with Crippen molar-refractivity contribution in [1.29, 1.82) is 0 Å². The molecular formula is C30H29F5N4OS. The van der Waals surface area contributed by atoms with Crippen LogP contribution < -0.4 is 5.32 Å². The van der Waals surface area contributed by atoms with Crippen molar-refractivity contribution in [3.63, 3.8) is 0 Å². The van der Waals surface area contributed by atoms with Crippen molar-refractivity contribution in [3.8, 4) is 0 Å². The van der Waals surface area contributed by atoms with E-state index in [0.29, 0.717) is 34.1 Å². The Morgan fingerprint density at radius 3 is 2.66 bits per heavy atom. The molecule has 0 bridgehead atoms. The first-order chi connectivity index (χ1) is 19.5. The van der Waals surface area contributed by atoms with Gasteiger partial charge >= 0.3 is 6.18 Å². The molecule has 1 atom stereocenters. The highest BCUT2D eigenvalue weighted by Crippen LogP contribution is 2.38. The molecule has 2 aliphatic heterocycles. The van der Waals surface area contributed by atoms with Crippen LogP contribution in [0.1, 0.15) is 60.5 Å². The van der Waals surface area contributed by atoms with Crippen molar-refractivity contribution < 1.29 is 26.7 Å². The van der Waals surface area contributed by atoms with E-state index in [0.717, 1.165) is 41.8 Å². The normalized spacial score (nSPS) is 20.2. The Bertz CT molecular complexity index is 1480. The van der Waals surface area contributed by atoms with E-state index < -0.39 is 30.8 Å². The Kier molecular flexibility index (Phi) is 8.35. The maximum absolute atomic E-state index is 14.5. The Morgan fingerprint density at radius 2 is 1.95 bits per heavy atom. The fourth-order valence-corrected chi connectivity index (χ4v) is 5.56. The standard InChI is InChI=1S/C30H29F5N4OS/c1-17-6-11-24-23(36-13-12-30(33,34)35)16-27(41-26-5-3-4-22(31)28(26)32)38-39(24)25(14-17)19-7-10-21(18(2)15-19)29(40)37-20-8-9-20/h3-5,7,10-11,14-15,17,20H,6,8-9,12-13,16H2,1-2H3,(H,37,40). The number of thioether (sulfide) groups is 1. The van der Waals surface area contributed by atoms with Gasteiger partial charge in [0.2, 0.25) is 0 Å². The lowest BCUT2D eigenvalue weighted by Crippen LogP contribution is -2.29. The van der Waals surface area contributed by atoms with Gasteiger partial charge in [0.15, 0.2) is 11.6 Å². The van der Waals surface area contributed by atoms with Crippen molar-refractivity contribution in [3.05, 3.63) is 82.6 Å². The first-order valence-corrected chi connectivity index (χ1v) is 14.2. The second-order valence-corrected chi connectivity index (χ2v) is 11.6. The maximum atomic E-state index is 14.5. The number of allylic oxidation sites excluding steroid dienone is 3. The minimum absolute atomic E-state index is 0.0152. The number of hydrazone groups is 1. The van der Waals surface area contributed by atoms with Gasteiger partial charge in [-0.1, -0.05) is 43.0 Å². The van der Waals surface area contributed by atoms with Gasteiger partial charge in [-0.25, -0.2) is 13.8 Å². The van der Waals surface area contributed by atoms with Crippen molar-refractivity contribution in [1.82, 2.24) is 10.3 Å². The molecule has 0 aromatic heterocycles. The molecule has 1 amide bonds. The highest BCUT2D eigenvalue weighted by Gasteiger charge is 2.32. The molecule has 0 radical (unpaired) electrons. The van der Waals surface area contributed by atoms with Gasteiger partial charge < -0.3 is 5.32 Å². The minimum Gasteiger partial charge on any atom is -0.349 e. The smallest absolute Gasteiger partial charge is 0.349 e. The molecule has 2 aromatic carbocycles. The zero-order valence-electron chi connectivity index (χ0n) is 22.6. The van der Waals surface area contributed by atoms with Crippen LogP contribution in [-0.2, 0) is 0 Å². The molecule has 2 heterocycles. The fourth-order valence-electron chi connectivity index (χ4n) is 4.64. The first kappa shape index (κ1) is 29.0. The van der Waals surface area contributed by atoms with Crippen LogP contribution in [0.5, 0.6) is 0 Å². The van der Waals surface area contributed by atoms with E-state index >= 15 is 0 Å². The average molecular weight is 589 g/mol. The quantitative estimate of drug-likeness (QED) is 0.353. The molecular weight excluding hydrogens is 559 g/mol. The molecule has 1 aliphatic carbocycles. The van der Waals surface area contributed by atoms with E-state index in [-0.39, 0.29) is 29.2 Å². The zero-order valence-corrected chi connectivity index (χ0v) is 23.4. The lowest BCUT2D eigenvalue weighted by atomic mass is 10.00. The molecule has 5 nitrogen and oxygen atoms in total. The molecule has 1 N–H and O–H groups in total. The number of hydrogen-bond acceptors (Lipinski definition) is 5. The van der Waals surface area contributed by atoms with Gasteiger partial charge in [0.25, 0.3) is 5.91 Å². The van der Waals surface area contributed by atoms with Crippen LogP contribution in [0.3, 0.4) is 0 Å². The second-order valence-electron chi connectivity index (χ2n) is 10.5. The van der Waals surface area contributed by atoms with Crippen LogP contribution in [0.15, 0.2) is 69.2 Å². The lowest BCUT2D eigenvalue weighted by Gasteiger charge is -2.31. The minimum atomic E-state index is -4.36. The summed E-state index contributed by atoms with van der Waals surface area (Å²) >= 11 is 0.913. The molecule has 3 aliphatic rings. The molecule has 1 saturated carbocycles. The van der Waals surface area contributed by atoms with Gasteiger partial charge in [-0.05, 0) is 61.9 Å². The highest BCUT2D eigenvalue weighted by atomic mass is 32.2. The number of amides is 1. The van der Waals surface area contributed by atoms with Gasteiger partial charge in [0, 0.05) is 30.1 Å². The van der Waals surface area contributed by atoms with Crippen LogP contribution >= 0.6 is 11.8 Å². The third-order valence-electron chi connectivity index (χ3n) is 6.93. The predicted octanol–water partition coefficient (Wildman–Crippen LogP) is 7.63. The first-order valence-electron chi connectivity index (χ1n) is 13.4. The van der Waals surface area contributed by atoms with Gasteiger partial charge in [0.05, 0.1) is 28.4 Å². The topological polar surface area (TPSA) is 57.1 Å². The number of carbonyl (C=O) groups excluding carboxylic acids is 1. The molecule has 11 heteroatoms. The fraction of sp³-hybridized carbons (Fsp3) is 0.367. The van der Waals surface area contributed by atoms with Gasteiger partial charge in [0.1, 0.15) is 5.04 Å². The number of hydrogen-bond donors (Lipinski definition) is 1. The van der Waals surface area contributed by atoms with Crippen LogP contribution in [-0.4, -0.2) is 40.4 Å². The Morgan fingerprint density at radius 1 is 1.17 bits per heavy atom. The molecule has 2 aromatic rings. The summed E-state index contributed by atoms with van der Waals surface area (Å²) in [6.45, 7) is 3.40. The zero-order chi connectivity index (χ0) is 29.3. The number of nitrogens with zero attached hydrogens (tertiary/aromatic N) is 3. The largest absolute Gasteiger partial charge is 0.390 e. The number of alkyl halides is 3. The van der Waals surface area contributed by atoms with Crippen LogP contribution in [0.25, 0.3) is 5.70 Å². The van der Waals surface area contributed by atoms with Crippen molar-refractivity contribution in [2.24, 2.45) is 16.0 Å². The van der Waals surface area contributed by atoms with Gasteiger partial charge in [-0.3, -0.25) is 9.79 Å². The molecule has 5 rings (SSSR count). The number of aliphatic imine (C=N–C) groups is 1. The van der Waals surface area contributed by atoms with E-state index in [1.807, 2.05) is 38.1 Å². The summed E-state index contributed by atoms with van der Waals surface area (Å²) in [5, 5.41) is 9.74. The number of nitrogens with one attached hydrogen (secondary N) is 1. The predicted molar refractivity (Wildman–Crippen MR) is 151 cm³/mol. The summed E-state index contributed by atoms with van der Waals surface area (Å²) in [6, 6.07) is 9.50. The van der Waals surface area contributed by atoms with Crippen LogP contribution in [0.2, 0.25) is 0 Å².